The van der Waals surface area contributed by atoms with E-state index in [1.807, 2.05) is 6.08 Å². The highest BCUT2D eigenvalue weighted by Crippen LogP contribution is 2.34. The lowest BCUT2D eigenvalue weighted by atomic mass is 10.1. The molecule has 0 radical (unpaired) electrons. The Hall–Kier alpha value is 0.400. The third-order valence-electron chi connectivity index (χ3n) is 2.69. The highest BCUT2D eigenvalue weighted by atomic mass is 32.2. The summed E-state index contributed by atoms with van der Waals surface area (Å²) in [7, 11) is 2.08. The number of thioether (sulfide) groups is 2. The molecular weight excluding hydrogens is 210 g/mol. The second kappa shape index (κ2) is 6.81. The second-order valence-corrected chi connectivity index (χ2v) is 6.44. The van der Waals surface area contributed by atoms with Gasteiger partial charge in [0.15, 0.2) is 0 Å². The summed E-state index contributed by atoms with van der Waals surface area (Å²) < 4.78 is 0. The van der Waals surface area contributed by atoms with Crippen LogP contribution in [-0.4, -0.2) is 35.1 Å². The second-order valence-electron chi connectivity index (χ2n) is 3.67. The van der Waals surface area contributed by atoms with E-state index < -0.39 is 0 Å². The molecule has 1 nitrogen and oxygen atoms in total. The van der Waals surface area contributed by atoms with Gasteiger partial charge in [-0.05, 0) is 19.9 Å². The van der Waals surface area contributed by atoms with Crippen molar-refractivity contribution in [3.63, 3.8) is 0 Å². The van der Waals surface area contributed by atoms with Crippen molar-refractivity contribution in [3.8, 4) is 0 Å². The lowest BCUT2D eigenvalue weighted by Gasteiger charge is -2.34. The van der Waals surface area contributed by atoms with Gasteiger partial charge in [-0.2, -0.15) is 23.5 Å². The fraction of sp³-hybridized carbons (Fsp3) is 0.818. The van der Waals surface area contributed by atoms with Crippen molar-refractivity contribution in [2.24, 2.45) is 0 Å². The van der Waals surface area contributed by atoms with Crippen LogP contribution in [-0.2, 0) is 0 Å². The number of nitrogens with one attached hydrogen (secondary N) is 1. The molecule has 0 aromatic heterocycles. The maximum atomic E-state index is 3.79. The molecule has 0 bridgehead atoms. The lowest BCUT2D eigenvalue weighted by molar-refractivity contribution is 0.503. The van der Waals surface area contributed by atoms with Gasteiger partial charge in [0.05, 0.1) is 0 Å². The third-order valence-corrected chi connectivity index (χ3v) is 5.94. The Bertz CT molecular complexity index is 173. The van der Waals surface area contributed by atoms with Crippen LogP contribution in [0.1, 0.15) is 19.8 Å². The van der Waals surface area contributed by atoms with E-state index in [9.17, 15) is 0 Å². The van der Waals surface area contributed by atoms with E-state index >= 15 is 0 Å². The average Bonchev–Trinajstić information content (AvgIpc) is 2.21. The predicted octanol–water partition coefficient (Wildman–Crippen LogP) is 2.78. The van der Waals surface area contributed by atoms with Crippen molar-refractivity contribution in [2.75, 3.05) is 18.6 Å². The van der Waals surface area contributed by atoms with Crippen molar-refractivity contribution in [2.45, 2.75) is 36.3 Å². The monoisotopic (exact) mass is 231 g/mol. The maximum absolute atomic E-state index is 3.79. The molecule has 0 aromatic rings. The Kier molecular flexibility index (Phi) is 6.06. The summed E-state index contributed by atoms with van der Waals surface area (Å²) in [6.07, 6.45) is 4.37. The minimum atomic E-state index is 0.654. The van der Waals surface area contributed by atoms with Crippen molar-refractivity contribution in [3.05, 3.63) is 12.7 Å². The molecule has 14 heavy (non-hydrogen) atoms. The van der Waals surface area contributed by atoms with Gasteiger partial charge in [0, 0.05) is 28.0 Å². The molecular formula is C11H21NS2. The molecule has 1 N–H and O–H groups in total. The van der Waals surface area contributed by atoms with Gasteiger partial charge in [-0.3, -0.25) is 0 Å². The standard InChI is InChI=1S/C11H21NS2/c1-4-5-6-10(12-3)11-9(2)13-7-8-14-11/h4,9-12H,1,5-8H2,2-3H3. The van der Waals surface area contributed by atoms with Gasteiger partial charge in [-0.15, -0.1) is 6.58 Å². The van der Waals surface area contributed by atoms with E-state index in [1.54, 1.807) is 0 Å². The summed E-state index contributed by atoms with van der Waals surface area (Å²) in [5.74, 6) is 2.63. The van der Waals surface area contributed by atoms with Crippen LogP contribution < -0.4 is 5.32 Å². The summed E-state index contributed by atoms with van der Waals surface area (Å²) >= 11 is 4.25. The summed E-state index contributed by atoms with van der Waals surface area (Å²) in [5.41, 5.74) is 0. The van der Waals surface area contributed by atoms with Crippen LogP contribution in [0.3, 0.4) is 0 Å². The van der Waals surface area contributed by atoms with Crippen LogP contribution in [0, 0.1) is 0 Å². The zero-order valence-corrected chi connectivity index (χ0v) is 10.8. The van der Waals surface area contributed by atoms with Gasteiger partial charge in [0.1, 0.15) is 0 Å². The molecule has 1 heterocycles. The first-order valence-electron chi connectivity index (χ1n) is 5.31. The van der Waals surface area contributed by atoms with E-state index in [-0.39, 0.29) is 0 Å². The quantitative estimate of drug-likeness (QED) is 0.731. The van der Waals surface area contributed by atoms with Crippen LogP contribution in [0.15, 0.2) is 12.7 Å². The Morgan fingerprint density at radius 2 is 2.21 bits per heavy atom. The molecule has 1 saturated heterocycles. The predicted molar refractivity (Wildman–Crippen MR) is 70.4 cm³/mol. The molecule has 1 aliphatic rings. The largest absolute Gasteiger partial charge is 0.316 e. The summed E-state index contributed by atoms with van der Waals surface area (Å²) in [5, 5.41) is 5.02. The van der Waals surface area contributed by atoms with Crippen molar-refractivity contribution in [1.29, 1.82) is 0 Å². The van der Waals surface area contributed by atoms with Crippen molar-refractivity contribution >= 4 is 23.5 Å². The van der Waals surface area contributed by atoms with Crippen LogP contribution in [0.4, 0.5) is 0 Å². The first-order chi connectivity index (χ1) is 6.79. The van der Waals surface area contributed by atoms with E-state index in [0.717, 1.165) is 16.9 Å². The molecule has 3 atom stereocenters. The first-order valence-corrected chi connectivity index (χ1v) is 7.40. The van der Waals surface area contributed by atoms with Gasteiger partial charge >= 0.3 is 0 Å². The fourth-order valence-corrected chi connectivity index (χ4v) is 4.90. The van der Waals surface area contributed by atoms with Crippen LogP contribution in [0.5, 0.6) is 0 Å². The van der Waals surface area contributed by atoms with Gasteiger partial charge in [-0.25, -0.2) is 0 Å². The molecule has 1 aliphatic heterocycles. The van der Waals surface area contributed by atoms with E-state index in [4.69, 9.17) is 0 Å². The molecule has 3 heteroatoms. The maximum Gasteiger partial charge on any atom is 0.0317 e. The van der Waals surface area contributed by atoms with Crippen molar-refractivity contribution in [1.82, 2.24) is 5.32 Å². The average molecular weight is 231 g/mol. The summed E-state index contributed by atoms with van der Waals surface area (Å²) in [4.78, 5) is 0. The van der Waals surface area contributed by atoms with Gasteiger partial charge in [-0.1, -0.05) is 13.0 Å². The summed E-state index contributed by atoms with van der Waals surface area (Å²) in [6, 6.07) is 0.654. The Labute approximate surface area is 96.5 Å². The lowest BCUT2D eigenvalue weighted by Crippen LogP contribution is -2.42. The fourth-order valence-electron chi connectivity index (χ4n) is 1.86. The Morgan fingerprint density at radius 3 is 2.79 bits per heavy atom. The van der Waals surface area contributed by atoms with Crippen molar-refractivity contribution < 1.29 is 0 Å². The molecule has 0 aliphatic carbocycles. The number of rotatable bonds is 5. The van der Waals surface area contributed by atoms with Crippen LogP contribution in [0.25, 0.3) is 0 Å². The molecule has 82 valence electrons. The summed E-state index contributed by atoms with van der Waals surface area (Å²) in [6.45, 7) is 6.15. The smallest absolute Gasteiger partial charge is 0.0317 e. The SMILES string of the molecule is C=CCCC(NC)C1SCCSC1C. The zero-order chi connectivity index (χ0) is 10.4. The minimum Gasteiger partial charge on any atom is -0.316 e. The van der Waals surface area contributed by atoms with Crippen LogP contribution >= 0.6 is 23.5 Å². The molecule has 0 aromatic carbocycles. The minimum absolute atomic E-state index is 0.654. The third kappa shape index (κ3) is 3.52. The van der Waals surface area contributed by atoms with E-state index in [1.165, 1.54) is 17.9 Å². The molecule has 3 unspecified atom stereocenters. The van der Waals surface area contributed by atoms with Gasteiger partial charge in [0.25, 0.3) is 0 Å². The topological polar surface area (TPSA) is 12.0 Å². The number of hydrogen-bond acceptors (Lipinski definition) is 3. The zero-order valence-electron chi connectivity index (χ0n) is 9.16. The molecule has 0 saturated carbocycles. The molecule has 0 amide bonds. The van der Waals surface area contributed by atoms with E-state index in [2.05, 4.69) is 49.4 Å². The van der Waals surface area contributed by atoms with Crippen LogP contribution in [0.2, 0.25) is 0 Å². The normalized spacial score (nSPS) is 29.9. The molecule has 1 fully saturated rings. The number of hydrogen-bond donors (Lipinski definition) is 1. The van der Waals surface area contributed by atoms with E-state index in [0.29, 0.717) is 6.04 Å². The first kappa shape index (κ1) is 12.5. The Balaban J connectivity index is 2.43. The van der Waals surface area contributed by atoms with Gasteiger partial charge < -0.3 is 5.32 Å². The molecule has 1 rings (SSSR count). The molecule has 0 spiro atoms. The van der Waals surface area contributed by atoms with Gasteiger partial charge in [0.2, 0.25) is 0 Å². The Morgan fingerprint density at radius 1 is 1.50 bits per heavy atom. The highest BCUT2D eigenvalue weighted by molar-refractivity contribution is 8.07. The number of allylic oxidation sites excluding steroid dienone is 1. The highest BCUT2D eigenvalue weighted by Gasteiger charge is 2.28.